The molecule has 3 aromatic rings. The van der Waals surface area contributed by atoms with E-state index in [-0.39, 0.29) is 11.4 Å². The van der Waals surface area contributed by atoms with Gasteiger partial charge in [0.05, 0.1) is 5.56 Å². The highest BCUT2D eigenvalue weighted by Gasteiger charge is 2.53. The fraction of sp³-hybridized carbons (Fsp3) is 0.0435. The summed E-state index contributed by atoms with van der Waals surface area (Å²) in [5, 5.41) is 21.9. The van der Waals surface area contributed by atoms with E-state index in [1.165, 1.54) is 6.07 Å². The quantitative estimate of drug-likeness (QED) is 0.345. The maximum atomic E-state index is 12.8. The van der Waals surface area contributed by atoms with Gasteiger partial charge < -0.3 is 24.8 Å². The van der Waals surface area contributed by atoms with Gasteiger partial charge in [0.1, 0.15) is 11.5 Å². The van der Waals surface area contributed by atoms with Crippen LogP contribution in [-0.4, -0.2) is 29.0 Å². The monoisotopic (exact) mass is 413 g/mol. The molecule has 8 heteroatoms. The van der Waals surface area contributed by atoms with E-state index in [0.29, 0.717) is 39.4 Å². The molecule has 1 unspecified atom stereocenters. The molecular formula is C23H16BNO6. The summed E-state index contributed by atoms with van der Waals surface area (Å²) in [4.78, 5) is 24.5. The van der Waals surface area contributed by atoms with E-state index in [4.69, 9.17) is 9.47 Å². The Kier molecular flexibility index (Phi) is 4.21. The molecule has 3 N–H and O–H groups in total. The summed E-state index contributed by atoms with van der Waals surface area (Å²) in [6.07, 6.45) is 1.15. The lowest BCUT2D eigenvalue weighted by Crippen LogP contribution is -2.35. The molecular weight excluding hydrogens is 397 g/mol. The van der Waals surface area contributed by atoms with Crippen LogP contribution in [0.1, 0.15) is 27.0 Å². The predicted octanol–water partition coefficient (Wildman–Crippen LogP) is 2.06. The summed E-state index contributed by atoms with van der Waals surface area (Å²) in [5.74, 6) is -0.169. The lowest BCUT2D eigenvalue weighted by molar-refractivity contribution is -0.111. The number of fused-ring (bicyclic) bond motifs is 6. The molecule has 1 atom stereocenters. The molecule has 2 aliphatic heterocycles. The van der Waals surface area contributed by atoms with Crippen molar-refractivity contribution in [2.75, 3.05) is 5.32 Å². The Morgan fingerprint density at radius 1 is 1.00 bits per heavy atom. The first-order chi connectivity index (χ1) is 14.9. The Morgan fingerprint density at radius 3 is 2.45 bits per heavy atom. The average molecular weight is 413 g/mol. The predicted molar refractivity (Wildman–Crippen MR) is 113 cm³/mol. The van der Waals surface area contributed by atoms with Gasteiger partial charge in [0, 0.05) is 28.4 Å². The second-order valence-electron chi connectivity index (χ2n) is 7.25. The molecule has 152 valence electrons. The maximum absolute atomic E-state index is 12.8. The van der Waals surface area contributed by atoms with Crippen LogP contribution in [0.4, 0.5) is 5.69 Å². The van der Waals surface area contributed by atoms with Crippen molar-refractivity contribution in [2.45, 2.75) is 5.60 Å². The maximum Gasteiger partial charge on any atom is 0.488 e. The first kappa shape index (κ1) is 19.1. The summed E-state index contributed by atoms with van der Waals surface area (Å²) in [6.45, 7) is 3.44. The molecule has 0 aliphatic carbocycles. The lowest BCUT2D eigenvalue weighted by atomic mass is 9.74. The van der Waals surface area contributed by atoms with Crippen molar-refractivity contribution in [2.24, 2.45) is 0 Å². The Hall–Kier alpha value is -3.88. The molecule has 7 nitrogen and oxygen atoms in total. The van der Waals surface area contributed by atoms with Gasteiger partial charge in [-0.25, -0.2) is 4.79 Å². The van der Waals surface area contributed by atoms with Crippen LogP contribution in [0.2, 0.25) is 0 Å². The number of ether oxygens (including phenoxy) is 2. The van der Waals surface area contributed by atoms with Crippen LogP contribution in [0, 0.1) is 0 Å². The van der Waals surface area contributed by atoms with E-state index in [9.17, 15) is 19.6 Å². The van der Waals surface area contributed by atoms with Crippen LogP contribution in [-0.2, 0) is 15.1 Å². The highest BCUT2D eigenvalue weighted by molar-refractivity contribution is 6.58. The number of anilines is 1. The van der Waals surface area contributed by atoms with E-state index in [2.05, 4.69) is 11.9 Å². The minimum atomic E-state index is -1.69. The van der Waals surface area contributed by atoms with Crippen LogP contribution in [0.15, 0.2) is 73.3 Å². The van der Waals surface area contributed by atoms with E-state index >= 15 is 0 Å². The zero-order valence-electron chi connectivity index (χ0n) is 16.2. The number of esters is 1. The van der Waals surface area contributed by atoms with E-state index in [1.54, 1.807) is 42.5 Å². The lowest BCUT2D eigenvalue weighted by Gasteiger charge is -2.36. The molecule has 1 spiro atoms. The van der Waals surface area contributed by atoms with Gasteiger partial charge in [0.2, 0.25) is 5.91 Å². The zero-order chi connectivity index (χ0) is 21.8. The number of nitrogens with one attached hydrogen (secondary N) is 1. The van der Waals surface area contributed by atoms with Crippen molar-refractivity contribution in [3.05, 3.63) is 95.6 Å². The third kappa shape index (κ3) is 2.77. The number of amides is 1. The fourth-order valence-corrected chi connectivity index (χ4v) is 4.12. The summed E-state index contributed by atoms with van der Waals surface area (Å²) >= 11 is 0. The molecule has 1 amide bonds. The Balaban J connectivity index is 1.77. The van der Waals surface area contributed by atoms with Gasteiger partial charge >= 0.3 is 13.1 Å². The first-order valence-corrected chi connectivity index (χ1v) is 9.53. The molecule has 3 aromatic carbocycles. The SMILES string of the molecule is C=CC(=O)Nc1ccc2c(c1)Oc1cc(B(O)O)ccc1C21OC(=O)c2ccccc21. The van der Waals surface area contributed by atoms with Gasteiger partial charge in [-0.1, -0.05) is 36.9 Å². The van der Waals surface area contributed by atoms with Crippen LogP contribution in [0.25, 0.3) is 0 Å². The summed E-state index contributed by atoms with van der Waals surface area (Å²) in [5.41, 5.74) is 1.68. The molecule has 0 bridgehead atoms. The number of carbonyl (C=O) groups is 2. The van der Waals surface area contributed by atoms with E-state index in [1.807, 2.05) is 12.1 Å². The molecule has 0 fully saturated rings. The molecule has 0 saturated carbocycles. The molecule has 0 radical (unpaired) electrons. The fourth-order valence-electron chi connectivity index (χ4n) is 4.12. The van der Waals surface area contributed by atoms with Gasteiger partial charge in [0.25, 0.3) is 0 Å². The third-order valence-electron chi connectivity index (χ3n) is 5.49. The van der Waals surface area contributed by atoms with E-state index < -0.39 is 18.7 Å². The first-order valence-electron chi connectivity index (χ1n) is 9.53. The number of benzene rings is 3. The zero-order valence-corrected chi connectivity index (χ0v) is 16.2. The molecule has 31 heavy (non-hydrogen) atoms. The van der Waals surface area contributed by atoms with Gasteiger partial charge in [-0.15, -0.1) is 0 Å². The topological polar surface area (TPSA) is 105 Å². The average Bonchev–Trinajstić information content (AvgIpc) is 3.06. The van der Waals surface area contributed by atoms with E-state index in [0.717, 1.165) is 6.08 Å². The minimum absolute atomic E-state index is 0.228. The number of hydrogen-bond acceptors (Lipinski definition) is 6. The molecule has 2 heterocycles. The van der Waals surface area contributed by atoms with Crippen LogP contribution >= 0.6 is 0 Å². The van der Waals surface area contributed by atoms with Crippen molar-refractivity contribution in [3.63, 3.8) is 0 Å². The van der Waals surface area contributed by atoms with Crippen LogP contribution < -0.4 is 15.5 Å². The molecule has 0 aromatic heterocycles. The van der Waals surface area contributed by atoms with Gasteiger partial charge in [-0.05, 0) is 35.8 Å². The van der Waals surface area contributed by atoms with Gasteiger partial charge in [0.15, 0.2) is 5.60 Å². The summed E-state index contributed by atoms with van der Waals surface area (Å²) < 4.78 is 12.1. The van der Waals surface area contributed by atoms with Crippen molar-refractivity contribution in [1.82, 2.24) is 0 Å². The third-order valence-corrected chi connectivity index (χ3v) is 5.49. The Labute approximate surface area is 177 Å². The van der Waals surface area contributed by atoms with Crippen molar-refractivity contribution in [3.8, 4) is 11.5 Å². The Morgan fingerprint density at radius 2 is 1.71 bits per heavy atom. The molecule has 5 rings (SSSR count). The van der Waals surface area contributed by atoms with Gasteiger partial charge in [-0.3, -0.25) is 4.79 Å². The number of hydrogen-bond donors (Lipinski definition) is 3. The van der Waals surface area contributed by atoms with Gasteiger partial charge in [-0.2, -0.15) is 0 Å². The largest absolute Gasteiger partial charge is 0.488 e. The Bertz CT molecular complexity index is 1270. The minimum Gasteiger partial charge on any atom is -0.456 e. The molecule has 0 saturated heterocycles. The standard InChI is InChI=1S/C23H16BNO6/c1-2-21(26)25-14-8-10-18-20(12-14)30-19-11-13(24(28)29)7-9-17(19)23(18)16-6-4-3-5-15(16)22(27)31-23/h2-12,28-29H,1H2,(H,25,26). The summed E-state index contributed by atoms with van der Waals surface area (Å²) in [6, 6.07) is 16.9. The normalized spacial score (nSPS) is 17.7. The second-order valence-corrected chi connectivity index (χ2v) is 7.25. The van der Waals surface area contributed by atoms with Crippen LogP contribution in [0.5, 0.6) is 11.5 Å². The van der Waals surface area contributed by atoms with Crippen molar-refractivity contribution >= 4 is 30.1 Å². The van der Waals surface area contributed by atoms with Crippen molar-refractivity contribution < 1.29 is 29.1 Å². The number of carbonyl (C=O) groups excluding carboxylic acids is 2. The second kappa shape index (κ2) is 6.83. The highest BCUT2D eigenvalue weighted by atomic mass is 16.6. The number of rotatable bonds is 3. The summed E-state index contributed by atoms with van der Waals surface area (Å²) in [7, 11) is -1.69. The van der Waals surface area contributed by atoms with Crippen LogP contribution in [0.3, 0.4) is 0 Å². The smallest absolute Gasteiger partial charge is 0.456 e. The molecule has 2 aliphatic rings. The van der Waals surface area contributed by atoms with Crippen molar-refractivity contribution in [1.29, 1.82) is 0 Å². The highest BCUT2D eigenvalue weighted by Crippen LogP contribution is 2.56.